The number of hydroxylamine groups is 1. The summed E-state index contributed by atoms with van der Waals surface area (Å²) in [5, 5.41) is 20.6. The third kappa shape index (κ3) is 5.83. The van der Waals surface area contributed by atoms with Crippen molar-refractivity contribution < 1.29 is 37.6 Å². The van der Waals surface area contributed by atoms with Gasteiger partial charge in [-0.25, -0.2) is 13.9 Å². The number of benzene rings is 2. The van der Waals surface area contributed by atoms with Crippen LogP contribution >= 0.6 is 0 Å². The van der Waals surface area contributed by atoms with Gasteiger partial charge in [0.05, 0.1) is 29.1 Å². The van der Waals surface area contributed by atoms with Gasteiger partial charge in [0.25, 0.3) is 11.6 Å². The Morgan fingerprint density at radius 1 is 1.14 bits per heavy atom. The first-order valence-corrected chi connectivity index (χ1v) is 12.7. The Balaban J connectivity index is 1.60. The minimum Gasteiger partial charge on any atom is -0.497 e. The van der Waals surface area contributed by atoms with E-state index in [-0.39, 0.29) is 43.3 Å². The zero-order chi connectivity index (χ0) is 26.2. The van der Waals surface area contributed by atoms with Crippen molar-refractivity contribution in [1.82, 2.24) is 5.48 Å². The molecule has 0 saturated carbocycles. The van der Waals surface area contributed by atoms with E-state index in [0.717, 1.165) is 0 Å². The summed E-state index contributed by atoms with van der Waals surface area (Å²) in [6.07, 6.45) is 2.27. The molecule has 11 nitrogen and oxygen atoms in total. The highest BCUT2D eigenvalue weighted by Gasteiger charge is 2.52. The highest BCUT2D eigenvalue weighted by Crippen LogP contribution is 2.35. The molecule has 0 bridgehead atoms. The Morgan fingerprint density at radius 3 is 2.31 bits per heavy atom. The van der Waals surface area contributed by atoms with Gasteiger partial charge in [0, 0.05) is 13.2 Å². The van der Waals surface area contributed by atoms with Crippen molar-refractivity contribution in [1.29, 1.82) is 0 Å². The summed E-state index contributed by atoms with van der Waals surface area (Å²) in [6, 6.07) is 12.2. The normalized spacial score (nSPS) is 15.7. The van der Waals surface area contributed by atoms with Gasteiger partial charge in [-0.1, -0.05) is 0 Å². The number of carbonyl (C=O) groups is 1. The Bertz CT molecular complexity index is 1190. The quantitative estimate of drug-likeness (QED) is 0.197. The molecule has 0 spiro atoms. The molecule has 2 aromatic carbocycles. The van der Waals surface area contributed by atoms with Crippen LogP contribution in [0.4, 0.5) is 0 Å². The third-order valence-electron chi connectivity index (χ3n) is 6.00. The number of methoxy groups -OCH3 is 1. The molecule has 0 atom stereocenters. The number of nitro groups is 1. The number of nitrogens with one attached hydrogen (secondary N) is 1. The van der Waals surface area contributed by atoms with Gasteiger partial charge in [-0.2, -0.15) is 0 Å². The van der Waals surface area contributed by atoms with Crippen LogP contribution < -0.4 is 15.0 Å². The van der Waals surface area contributed by atoms with Gasteiger partial charge in [-0.15, -0.1) is 0 Å². The molecule has 2 N–H and O–H groups in total. The van der Waals surface area contributed by atoms with Crippen LogP contribution in [0.5, 0.6) is 11.5 Å². The smallest absolute Gasteiger partial charge is 0.272 e. The molecule has 1 heterocycles. The van der Waals surface area contributed by atoms with E-state index in [1.807, 2.05) is 0 Å². The first-order valence-electron chi connectivity index (χ1n) is 11.2. The molecule has 36 heavy (non-hydrogen) atoms. The molecule has 1 aliphatic rings. The van der Waals surface area contributed by atoms with Crippen LogP contribution in [0.1, 0.15) is 31.2 Å². The van der Waals surface area contributed by atoms with Crippen molar-refractivity contribution >= 4 is 21.4 Å². The lowest BCUT2D eigenvalue weighted by Crippen LogP contribution is -2.54. The number of allylic oxidation sites excluding steroid dienone is 1. The van der Waals surface area contributed by atoms with Gasteiger partial charge < -0.3 is 14.2 Å². The standard InChI is InChI=1S/C24H28N2O9S/c1-33-19-7-5-18(6-8-19)22(26(29)30)4-2-3-15-35-20-9-11-21(12-10-20)36(31,32)24(23(27)25-28)13-16-34-17-14-24/h4-12,28H,2-3,13-17H2,1H3,(H,25,27). The van der Waals surface area contributed by atoms with Crippen molar-refractivity contribution in [3.05, 3.63) is 70.3 Å². The summed E-state index contributed by atoms with van der Waals surface area (Å²) in [6.45, 7) is 0.419. The molecular formula is C24H28N2O9S. The Hall–Kier alpha value is -3.48. The summed E-state index contributed by atoms with van der Waals surface area (Å²) in [5.41, 5.74) is 1.94. The first-order chi connectivity index (χ1) is 17.2. The lowest BCUT2D eigenvalue weighted by molar-refractivity contribution is -0.375. The predicted molar refractivity (Wildman–Crippen MR) is 129 cm³/mol. The largest absolute Gasteiger partial charge is 0.497 e. The van der Waals surface area contributed by atoms with E-state index in [1.165, 1.54) is 42.9 Å². The highest BCUT2D eigenvalue weighted by molar-refractivity contribution is 7.93. The maximum atomic E-state index is 13.3. The SMILES string of the molecule is COc1ccc(C(=CCCCOc2ccc(S(=O)(=O)C3(C(=O)NO)CCOCC3)cc2)[N+](=O)[O-])cc1. The minimum absolute atomic E-state index is 0.0128. The van der Waals surface area contributed by atoms with E-state index in [4.69, 9.17) is 19.4 Å². The maximum absolute atomic E-state index is 13.3. The van der Waals surface area contributed by atoms with E-state index < -0.39 is 25.4 Å². The fourth-order valence-electron chi connectivity index (χ4n) is 3.93. The molecule has 0 aromatic heterocycles. The summed E-state index contributed by atoms with van der Waals surface area (Å²) in [5.74, 6) is 0.0337. The fourth-order valence-corrected chi connectivity index (χ4v) is 5.87. The molecule has 3 rings (SSSR count). The van der Waals surface area contributed by atoms with Crippen LogP contribution in [0.25, 0.3) is 5.70 Å². The van der Waals surface area contributed by atoms with Crippen LogP contribution in [0.2, 0.25) is 0 Å². The minimum atomic E-state index is -4.12. The fraction of sp³-hybridized carbons (Fsp3) is 0.375. The zero-order valence-corrected chi connectivity index (χ0v) is 20.5. The average molecular weight is 521 g/mol. The maximum Gasteiger partial charge on any atom is 0.272 e. The predicted octanol–water partition coefficient (Wildman–Crippen LogP) is 3.00. The van der Waals surface area contributed by atoms with Crippen molar-refractivity contribution in [3.63, 3.8) is 0 Å². The van der Waals surface area contributed by atoms with E-state index in [2.05, 4.69) is 0 Å². The van der Waals surface area contributed by atoms with Gasteiger partial charge in [-0.3, -0.25) is 20.1 Å². The molecule has 0 aliphatic carbocycles. The number of carbonyl (C=O) groups excluding carboxylic acids is 1. The highest BCUT2D eigenvalue weighted by atomic mass is 32.2. The van der Waals surface area contributed by atoms with Crippen LogP contribution in [-0.4, -0.2) is 56.1 Å². The third-order valence-corrected chi connectivity index (χ3v) is 8.52. The molecule has 2 aromatic rings. The lowest BCUT2D eigenvalue weighted by atomic mass is 9.98. The molecular weight excluding hydrogens is 492 g/mol. The van der Waals surface area contributed by atoms with E-state index in [1.54, 1.807) is 24.3 Å². The summed E-state index contributed by atoms with van der Waals surface area (Å²) >= 11 is 0. The van der Waals surface area contributed by atoms with E-state index >= 15 is 0 Å². The van der Waals surface area contributed by atoms with Crippen molar-refractivity contribution in [2.24, 2.45) is 0 Å². The molecule has 194 valence electrons. The summed E-state index contributed by atoms with van der Waals surface area (Å²) in [4.78, 5) is 23.2. The second-order valence-electron chi connectivity index (χ2n) is 8.09. The van der Waals surface area contributed by atoms with Crippen molar-refractivity contribution in [2.45, 2.75) is 35.3 Å². The zero-order valence-electron chi connectivity index (χ0n) is 19.7. The van der Waals surface area contributed by atoms with Gasteiger partial charge in [0.2, 0.25) is 0 Å². The summed E-state index contributed by atoms with van der Waals surface area (Å²) < 4.78 is 40.6. The van der Waals surface area contributed by atoms with Gasteiger partial charge in [0.15, 0.2) is 14.6 Å². The van der Waals surface area contributed by atoms with E-state index in [0.29, 0.717) is 29.9 Å². The number of hydrogen-bond donors (Lipinski definition) is 2. The van der Waals surface area contributed by atoms with Gasteiger partial charge in [-0.05, 0) is 80.3 Å². The van der Waals surface area contributed by atoms with Crippen LogP contribution in [0.15, 0.2) is 59.5 Å². The van der Waals surface area contributed by atoms with Crippen molar-refractivity contribution in [3.8, 4) is 11.5 Å². The molecule has 0 unspecified atom stereocenters. The second-order valence-corrected chi connectivity index (χ2v) is 10.3. The summed E-state index contributed by atoms with van der Waals surface area (Å²) in [7, 11) is -2.60. The number of sulfone groups is 1. The molecule has 12 heteroatoms. The first kappa shape index (κ1) is 27.1. The number of nitrogens with zero attached hydrogens (tertiary/aromatic N) is 1. The molecule has 1 fully saturated rings. The van der Waals surface area contributed by atoms with Crippen molar-refractivity contribution in [2.75, 3.05) is 26.9 Å². The Morgan fingerprint density at radius 2 is 1.75 bits per heavy atom. The number of unbranched alkanes of at least 4 members (excludes halogenated alkanes) is 1. The lowest BCUT2D eigenvalue weighted by Gasteiger charge is -2.34. The monoisotopic (exact) mass is 520 g/mol. The Kier molecular flexibility index (Phi) is 9.02. The van der Waals surface area contributed by atoms with Gasteiger partial charge in [0.1, 0.15) is 11.5 Å². The molecule has 1 aliphatic heterocycles. The molecule has 1 saturated heterocycles. The van der Waals surface area contributed by atoms with Crippen LogP contribution in [0, 0.1) is 10.1 Å². The Labute approximate surface area is 208 Å². The average Bonchev–Trinajstić information content (AvgIpc) is 2.90. The topological polar surface area (TPSA) is 154 Å². The second kappa shape index (κ2) is 12.0. The molecule has 1 amide bonds. The van der Waals surface area contributed by atoms with Gasteiger partial charge >= 0.3 is 0 Å². The number of rotatable bonds is 11. The van der Waals surface area contributed by atoms with E-state index in [9.17, 15) is 23.3 Å². The number of amides is 1. The number of hydrogen-bond acceptors (Lipinski definition) is 9. The van der Waals surface area contributed by atoms with Crippen LogP contribution in [0.3, 0.4) is 0 Å². The number of ether oxygens (including phenoxy) is 3. The van der Waals surface area contributed by atoms with Crippen LogP contribution in [-0.2, 0) is 19.4 Å². The molecule has 0 radical (unpaired) electrons.